The van der Waals surface area contributed by atoms with Crippen LogP contribution in [-0.4, -0.2) is 37.9 Å². The fourth-order valence-corrected chi connectivity index (χ4v) is 1.61. The molecule has 0 radical (unpaired) electrons. The van der Waals surface area contributed by atoms with Crippen LogP contribution in [0.1, 0.15) is 16.8 Å². The van der Waals surface area contributed by atoms with E-state index in [-0.39, 0.29) is 17.0 Å². The minimum absolute atomic E-state index is 0.0912. The molecule has 0 aliphatic rings. The van der Waals surface area contributed by atoms with E-state index in [1.54, 1.807) is 6.08 Å². The summed E-state index contributed by atoms with van der Waals surface area (Å²) in [7, 11) is 2.82. The largest absolute Gasteiger partial charge is 0.493 e. The topological polar surface area (TPSA) is 96.9 Å². The molecule has 0 saturated heterocycles. The minimum Gasteiger partial charge on any atom is -0.493 e. The van der Waals surface area contributed by atoms with Crippen molar-refractivity contribution in [1.82, 2.24) is 5.32 Å². The number of carboxylic acids is 1. The van der Waals surface area contributed by atoms with Gasteiger partial charge in [0.25, 0.3) is 0 Å². The van der Waals surface area contributed by atoms with Crippen LogP contribution < -0.4 is 20.1 Å². The van der Waals surface area contributed by atoms with Crippen LogP contribution in [0.25, 0.3) is 0 Å². The van der Waals surface area contributed by atoms with Crippen LogP contribution >= 0.6 is 0 Å². The number of carboxylic acid groups (broad SMARTS) is 1. The van der Waals surface area contributed by atoms with Crippen molar-refractivity contribution in [2.24, 2.45) is 0 Å². The maximum Gasteiger partial charge on any atom is 0.337 e. The van der Waals surface area contributed by atoms with Crippen molar-refractivity contribution in [3.63, 3.8) is 0 Å². The summed E-state index contributed by atoms with van der Waals surface area (Å²) in [5.74, 6) is -0.589. The first-order valence-electron chi connectivity index (χ1n) is 6.18. The fourth-order valence-electron chi connectivity index (χ4n) is 1.61. The van der Waals surface area contributed by atoms with Gasteiger partial charge in [0.1, 0.15) is 0 Å². The number of carbonyl (C=O) groups is 2. The Morgan fingerprint density at radius 1 is 1.29 bits per heavy atom. The van der Waals surface area contributed by atoms with Crippen molar-refractivity contribution < 1.29 is 24.2 Å². The van der Waals surface area contributed by atoms with Crippen LogP contribution in [0.15, 0.2) is 24.8 Å². The molecule has 7 heteroatoms. The number of ether oxygens (including phenoxy) is 2. The third-order valence-corrected chi connectivity index (χ3v) is 2.64. The number of benzene rings is 1. The second-order valence-electron chi connectivity index (χ2n) is 4.02. The lowest BCUT2D eigenvalue weighted by molar-refractivity contribution is 0.0697. The van der Waals surface area contributed by atoms with Gasteiger partial charge in [0.15, 0.2) is 11.5 Å². The molecule has 0 heterocycles. The fraction of sp³-hybridized carbons (Fsp3) is 0.286. The molecule has 0 aromatic heterocycles. The number of carbonyl (C=O) groups excluding carboxylic acids is 1. The van der Waals surface area contributed by atoms with Crippen molar-refractivity contribution in [3.8, 4) is 11.5 Å². The van der Waals surface area contributed by atoms with Crippen LogP contribution in [0.5, 0.6) is 11.5 Å². The van der Waals surface area contributed by atoms with Gasteiger partial charge in [-0.25, -0.2) is 9.59 Å². The van der Waals surface area contributed by atoms with Crippen LogP contribution in [0.2, 0.25) is 0 Å². The van der Waals surface area contributed by atoms with Gasteiger partial charge in [0, 0.05) is 18.7 Å². The zero-order valence-electron chi connectivity index (χ0n) is 11.9. The summed E-state index contributed by atoms with van der Waals surface area (Å²) in [6, 6.07) is 2.18. The monoisotopic (exact) mass is 294 g/mol. The molecule has 0 spiro atoms. The van der Waals surface area contributed by atoms with Gasteiger partial charge in [0.05, 0.1) is 25.5 Å². The summed E-state index contributed by atoms with van der Waals surface area (Å²) in [4.78, 5) is 22.9. The van der Waals surface area contributed by atoms with E-state index in [4.69, 9.17) is 9.47 Å². The minimum atomic E-state index is -1.18. The van der Waals surface area contributed by atoms with E-state index in [9.17, 15) is 14.7 Å². The maximum absolute atomic E-state index is 11.7. The molecule has 1 rings (SSSR count). The van der Waals surface area contributed by atoms with E-state index >= 15 is 0 Å². The number of nitrogens with one attached hydrogen (secondary N) is 2. The summed E-state index contributed by atoms with van der Waals surface area (Å²) in [6.45, 7) is 3.95. The summed E-state index contributed by atoms with van der Waals surface area (Å²) in [5, 5.41) is 14.2. The maximum atomic E-state index is 11.7. The summed E-state index contributed by atoms with van der Waals surface area (Å²) >= 11 is 0. The Labute approximate surface area is 122 Å². The number of rotatable bonds is 7. The number of urea groups is 1. The first-order valence-corrected chi connectivity index (χ1v) is 6.18. The van der Waals surface area contributed by atoms with Gasteiger partial charge in [0.2, 0.25) is 0 Å². The average Bonchev–Trinajstić information content (AvgIpc) is 2.46. The molecular weight excluding hydrogens is 276 g/mol. The normalized spacial score (nSPS) is 9.62. The molecule has 0 saturated carbocycles. The lowest BCUT2D eigenvalue weighted by Gasteiger charge is -2.14. The third-order valence-electron chi connectivity index (χ3n) is 2.64. The lowest BCUT2D eigenvalue weighted by atomic mass is 10.1. The molecule has 3 N–H and O–H groups in total. The Morgan fingerprint density at radius 2 is 1.90 bits per heavy atom. The van der Waals surface area contributed by atoms with Gasteiger partial charge in [-0.15, -0.1) is 6.58 Å². The van der Waals surface area contributed by atoms with E-state index in [0.717, 1.165) is 0 Å². The number of methoxy groups -OCH3 is 2. The SMILES string of the molecule is C=CCCNC(=O)Nc1cc(OC)c(OC)cc1C(=O)O. The van der Waals surface area contributed by atoms with Gasteiger partial charge in [-0.2, -0.15) is 0 Å². The van der Waals surface area contributed by atoms with Crippen LogP contribution in [0.3, 0.4) is 0 Å². The smallest absolute Gasteiger partial charge is 0.337 e. The molecule has 0 aliphatic heterocycles. The Kier molecular flexibility index (Phi) is 6.06. The second-order valence-corrected chi connectivity index (χ2v) is 4.02. The highest BCUT2D eigenvalue weighted by Gasteiger charge is 2.17. The predicted molar refractivity (Wildman–Crippen MR) is 78.3 cm³/mol. The highest BCUT2D eigenvalue weighted by molar-refractivity contribution is 6.01. The third kappa shape index (κ3) is 4.41. The van der Waals surface area contributed by atoms with Gasteiger partial charge in [-0.05, 0) is 6.42 Å². The number of amides is 2. The molecule has 0 unspecified atom stereocenters. The van der Waals surface area contributed by atoms with E-state index in [1.165, 1.54) is 26.4 Å². The average molecular weight is 294 g/mol. The highest BCUT2D eigenvalue weighted by Crippen LogP contribution is 2.33. The molecule has 0 aliphatic carbocycles. The number of aromatic carboxylic acids is 1. The molecule has 2 amide bonds. The number of anilines is 1. The number of hydrogen-bond acceptors (Lipinski definition) is 4. The van der Waals surface area contributed by atoms with Crippen LogP contribution in [0, 0.1) is 0 Å². The Balaban J connectivity index is 3.01. The van der Waals surface area contributed by atoms with Crippen LogP contribution in [0.4, 0.5) is 10.5 Å². The molecule has 114 valence electrons. The van der Waals surface area contributed by atoms with Crippen molar-refractivity contribution in [2.45, 2.75) is 6.42 Å². The predicted octanol–water partition coefficient (Wildman–Crippen LogP) is 2.10. The zero-order chi connectivity index (χ0) is 15.8. The summed E-state index contributed by atoms with van der Waals surface area (Å²) in [5.41, 5.74) is 0.0303. The molecule has 1 aromatic rings. The van der Waals surface area contributed by atoms with Crippen molar-refractivity contribution in [1.29, 1.82) is 0 Å². The summed E-state index contributed by atoms with van der Waals surface area (Å²) < 4.78 is 10.1. The van der Waals surface area contributed by atoms with Gasteiger partial charge in [-0.1, -0.05) is 6.08 Å². The molecule has 21 heavy (non-hydrogen) atoms. The zero-order valence-corrected chi connectivity index (χ0v) is 11.9. The van der Waals surface area contributed by atoms with Crippen molar-refractivity contribution in [2.75, 3.05) is 26.1 Å². The van der Waals surface area contributed by atoms with Crippen molar-refractivity contribution >= 4 is 17.7 Å². The standard InChI is InChI=1S/C14H18N2O5/c1-4-5-6-15-14(19)16-10-8-12(21-3)11(20-2)7-9(10)13(17)18/h4,7-8H,1,5-6H2,2-3H3,(H,17,18)(H2,15,16,19). The number of hydrogen-bond donors (Lipinski definition) is 3. The van der Waals surface area contributed by atoms with E-state index in [1.807, 2.05) is 0 Å². The second kappa shape index (κ2) is 7.78. The molecule has 0 bridgehead atoms. The lowest BCUT2D eigenvalue weighted by Crippen LogP contribution is -2.30. The Morgan fingerprint density at radius 3 is 2.43 bits per heavy atom. The Bertz CT molecular complexity index is 542. The molecule has 0 atom stereocenters. The Hall–Kier alpha value is -2.70. The quantitative estimate of drug-likeness (QED) is 0.528. The van der Waals surface area contributed by atoms with Gasteiger partial charge in [-0.3, -0.25) is 0 Å². The van der Waals surface area contributed by atoms with E-state index in [2.05, 4.69) is 17.2 Å². The van der Waals surface area contributed by atoms with Gasteiger partial charge < -0.3 is 25.2 Å². The molecule has 7 nitrogen and oxygen atoms in total. The highest BCUT2D eigenvalue weighted by atomic mass is 16.5. The summed E-state index contributed by atoms with van der Waals surface area (Å²) in [6.07, 6.45) is 2.28. The molecule has 1 aromatic carbocycles. The van der Waals surface area contributed by atoms with Gasteiger partial charge >= 0.3 is 12.0 Å². The first-order chi connectivity index (χ1) is 10.0. The molecule has 0 fully saturated rings. The van der Waals surface area contributed by atoms with E-state index in [0.29, 0.717) is 18.7 Å². The first kappa shape index (κ1) is 16.4. The van der Waals surface area contributed by atoms with E-state index < -0.39 is 12.0 Å². The van der Waals surface area contributed by atoms with Crippen molar-refractivity contribution in [3.05, 3.63) is 30.4 Å². The van der Waals surface area contributed by atoms with Crippen LogP contribution in [-0.2, 0) is 0 Å². The molecular formula is C14H18N2O5.